The molecule has 0 aliphatic carbocycles. The molecule has 0 radical (unpaired) electrons. The fourth-order valence-corrected chi connectivity index (χ4v) is 4.87. The molecule has 0 fully saturated rings. The van der Waals surface area contributed by atoms with Gasteiger partial charge < -0.3 is 9.53 Å². The number of aliphatic hydroxyl groups excluding tert-OH is 1. The second-order valence-corrected chi connectivity index (χ2v) is 15.2. The number of amides is 1. The van der Waals surface area contributed by atoms with Crippen LogP contribution in [0.1, 0.15) is 42.3 Å². The Morgan fingerprint density at radius 3 is 2.63 bits per heavy atom. The molecule has 1 N–H and O–H groups in total. The van der Waals surface area contributed by atoms with Crippen LogP contribution in [0.5, 0.6) is 0 Å². The highest BCUT2D eigenvalue weighted by atomic mass is 79.9. The maximum atomic E-state index is 14.6. The van der Waals surface area contributed by atoms with Crippen molar-refractivity contribution in [1.29, 1.82) is 0 Å². The largest absolute Gasteiger partial charge is 0.412 e. The van der Waals surface area contributed by atoms with Gasteiger partial charge in [0.15, 0.2) is 8.32 Å². The summed E-state index contributed by atoms with van der Waals surface area (Å²) in [6.45, 7) is 10.9. The SMILES string of the molecule is CC(C)(C)[Si](C)(C)OCc1c(Cl)cccc1N1C(=O)c2c(F)cc(Br)cc2CC1O. The average molecular weight is 515 g/mol. The van der Waals surface area contributed by atoms with Crippen molar-refractivity contribution in [2.75, 3.05) is 4.90 Å². The van der Waals surface area contributed by atoms with Gasteiger partial charge in [-0.2, -0.15) is 0 Å². The van der Waals surface area contributed by atoms with Crippen molar-refractivity contribution < 1.29 is 18.7 Å². The van der Waals surface area contributed by atoms with Crippen LogP contribution in [0.4, 0.5) is 10.1 Å². The quantitative estimate of drug-likeness (QED) is 0.488. The van der Waals surface area contributed by atoms with Gasteiger partial charge in [0.05, 0.1) is 17.9 Å². The third-order valence-corrected chi connectivity index (χ3v) is 11.3. The lowest BCUT2D eigenvalue weighted by Crippen LogP contribution is -2.47. The Hall–Kier alpha value is -1.25. The van der Waals surface area contributed by atoms with Gasteiger partial charge in [0.1, 0.15) is 12.0 Å². The number of carbonyl (C=O) groups excluding carboxylic acids is 1. The number of benzene rings is 2. The van der Waals surface area contributed by atoms with E-state index in [0.717, 1.165) is 0 Å². The van der Waals surface area contributed by atoms with Crippen molar-refractivity contribution >= 4 is 47.4 Å². The summed E-state index contributed by atoms with van der Waals surface area (Å²) in [7, 11) is -2.08. The minimum Gasteiger partial charge on any atom is -0.412 e. The van der Waals surface area contributed by atoms with Gasteiger partial charge in [0.2, 0.25) is 0 Å². The van der Waals surface area contributed by atoms with Crippen molar-refractivity contribution in [3.63, 3.8) is 0 Å². The molecule has 3 rings (SSSR count). The lowest BCUT2D eigenvalue weighted by atomic mass is 9.96. The Kier molecular flexibility index (Phi) is 6.52. The Morgan fingerprint density at radius 1 is 1.33 bits per heavy atom. The molecule has 0 spiro atoms. The number of hydrogen-bond acceptors (Lipinski definition) is 3. The monoisotopic (exact) mass is 513 g/mol. The van der Waals surface area contributed by atoms with Gasteiger partial charge in [-0.3, -0.25) is 9.69 Å². The molecule has 1 aliphatic rings. The van der Waals surface area contributed by atoms with Crippen LogP contribution < -0.4 is 4.90 Å². The van der Waals surface area contributed by atoms with Crippen molar-refractivity contribution in [1.82, 2.24) is 0 Å². The summed E-state index contributed by atoms with van der Waals surface area (Å²) in [5, 5.41) is 11.2. The predicted octanol–water partition coefficient (Wildman–Crippen LogP) is 6.28. The minimum absolute atomic E-state index is 0.00430. The van der Waals surface area contributed by atoms with E-state index in [2.05, 4.69) is 49.8 Å². The Bertz CT molecular complexity index is 993. The Labute approximate surface area is 191 Å². The van der Waals surface area contributed by atoms with Crippen LogP contribution >= 0.6 is 27.5 Å². The second kappa shape index (κ2) is 8.35. The minimum atomic E-state index is -2.08. The number of fused-ring (bicyclic) bond motifs is 1. The molecule has 8 heteroatoms. The van der Waals surface area contributed by atoms with Crippen LogP contribution in [0, 0.1) is 5.82 Å². The lowest BCUT2D eigenvalue weighted by molar-refractivity contribution is 0.0854. The summed E-state index contributed by atoms with van der Waals surface area (Å²) in [4.78, 5) is 14.4. The number of hydrogen-bond donors (Lipinski definition) is 1. The molecule has 0 bridgehead atoms. The van der Waals surface area contributed by atoms with E-state index in [9.17, 15) is 14.3 Å². The van der Waals surface area contributed by atoms with Gasteiger partial charge in [0.25, 0.3) is 5.91 Å². The topological polar surface area (TPSA) is 49.8 Å². The molecule has 0 aromatic heterocycles. The molecular formula is C22H26BrClFNO3Si. The third-order valence-electron chi connectivity index (χ3n) is 6.01. The molecule has 1 unspecified atom stereocenters. The molecule has 2 aromatic rings. The van der Waals surface area contributed by atoms with E-state index in [0.29, 0.717) is 26.3 Å². The zero-order valence-corrected chi connectivity index (χ0v) is 21.1. The van der Waals surface area contributed by atoms with Gasteiger partial charge in [-0.15, -0.1) is 0 Å². The molecule has 4 nitrogen and oxygen atoms in total. The van der Waals surface area contributed by atoms with Crippen LogP contribution in [0.15, 0.2) is 34.8 Å². The molecule has 30 heavy (non-hydrogen) atoms. The summed E-state index contributed by atoms with van der Waals surface area (Å²) in [6, 6.07) is 8.06. The van der Waals surface area contributed by atoms with E-state index >= 15 is 0 Å². The average Bonchev–Trinajstić information content (AvgIpc) is 2.59. The summed E-state index contributed by atoms with van der Waals surface area (Å²) in [5.41, 5.74) is 1.49. The van der Waals surface area contributed by atoms with E-state index in [4.69, 9.17) is 16.0 Å². The third kappa shape index (κ3) is 4.36. The normalized spacial score (nSPS) is 17.3. The van der Waals surface area contributed by atoms with Crippen LogP contribution in [-0.2, 0) is 17.5 Å². The highest BCUT2D eigenvalue weighted by Gasteiger charge is 2.39. The number of nitrogens with zero attached hydrogens (tertiary/aromatic N) is 1. The summed E-state index contributed by atoms with van der Waals surface area (Å²) in [6.07, 6.45) is -1.02. The zero-order valence-electron chi connectivity index (χ0n) is 17.7. The molecule has 0 saturated carbocycles. The van der Waals surface area contributed by atoms with Crippen LogP contribution in [-0.4, -0.2) is 25.6 Å². The molecule has 1 amide bonds. The number of anilines is 1. The van der Waals surface area contributed by atoms with Gasteiger partial charge >= 0.3 is 0 Å². The molecular weight excluding hydrogens is 489 g/mol. The smallest absolute Gasteiger partial charge is 0.263 e. The van der Waals surface area contributed by atoms with E-state index in [1.54, 1.807) is 24.3 Å². The fourth-order valence-electron chi connectivity index (χ4n) is 3.23. The highest BCUT2D eigenvalue weighted by Crippen LogP contribution is 2.40. The maximum absolute atomic E-state index is 14.6. The summed E-state index contributed by atoms with van der Waals surface area (Å²) in [5.74, 6) is -1.22. The summed E-state index contributed by atoms with van der Waals surface area (Å²) >= 11 is 9.72. The first-order valence-electron chi connectivity index (χ1n) is 9.74. The number of carbonyl (C=O) groups is 1. The van der Waals surface area contributed by atoms with Gasteiger partial charge in [0, 0.05) is 21.5 Å². The second-order valence-electron chi connectivity index (χ2n) is 9.07. The van der Waals surface area contributed by atoms with Crippen LogP contribution in [0.25, 0.3) is 0 Å². The van der Waals surface area contributed by atoms with Crippen molar-refractivity contribution in [3.05, 3.63) is 62.3 Å². The molecule has 1 atom stereocenters. The number of rotatable bonds is 4. The first-order valence-corrected chi connectivity index (χ1v) is 13.8. The molecule has 0 saturated heterocycles. The first-order chi connectivity index (χ1) is 13.8. The maximum Gasteiger partial charge on any atom is 0.263 e. The number of halogens is 3. The van der Waals surface area contributed by atoms with Gasteiger partial charge in [-0.1, -0.05) is 54.4 Å². The number of aliphatic hydroxyl groups is 1. The van der Waals surface area contributed by atoms with Gasteiger partial charge in [-0.25, -0.2) is 4.39 Å². The molecule has 2 aromatic carbocycles. The highest BCUT2D eigenvalue weighted by molar-refractivity contribution is 9.10. The predicted molar refractivity (Wildman–Crippen MR) is 124 cm³/mol. The van der Waals surface area contributed by atoms with Crippen molar-refractivity contribution in [2.24, 2.45) is 0 Å². The van der Waals surface area contributed by atoms with E-state index < -0.39 is 26.3 Å². The molecule has 1 aliphatic heterocycles. The van der Waals surface area contributed by atoms with E-state index in [1.807, 2.05) is 0 Å². The first kappa shape index (κ1) is 23.4. The molecule has 162 valence electrons. The molecule has 1 heterocycles. The van der Waals surface area contributed by atoms with Crippen LogP contribution in [0.2, 0.25) is 23.2 Å². The van der Waals surface area contributed by atoms with Crippen molar-refractivity contribution in [3.8, 4) is 0 Å². The summed E-state index contributed by atoms with van der Waals surface area (Å²) < 4.78 is 21.5. The fraction of sp³-hybridized carbons (Fsp3) is 0.409. The van der Waals surface area contributed by atoms with Gasteiger partial charge in [-0.05, 0) is 48.0 Å². The zero-order chi connectivity index (χ0) is 22.4. The lowest BCUT2D eigenvalue weighted by Gasteiger charge is -2.38. The van der Waals surface area contributed by atoms with E-state index in [1.165, 1.54) is 11.0 Å². The Morgan fingerprint density at radius 2 is 2.00 bits per heavy atom. The Balaban J connectivity index is 2.02. The standard InChI is InChI=1S/C22H26BrClFNO3Si/c1-22(2,3)30(4,5)29-12-15-16(24)7-6-8-18(15)26-19(27)10-13-9-14(23)11-17(25)20(13)21(26)28/h6-9,11,19,27H,10,12H2,1-5H3. The van der Waals surface area contributed by atoms with Crippen LogP contribution in [0.3, 0.4) is 0 Å². The van der Waals surface area contributed by atoms with Crippen molar-refractivity contribution in [2.45, 2.75) is 58.2 Å². The van der Waals surface area contributed by atoms with E-state index in [-0.39, 0.29) is 23.6 Å².